The van der Waals surface area contributed by atoms with Gasteiger partial charge < -0.3 is 15.2 Å². The Labute approximate surface area is 156 Å². The van der Waals surface area contributed by atoms with E-state index in [4.69, 9.17) is 9.98 Å². The van der Waals surface area contributed by atoms with Crippen molar-refractivity contribution in [1.29, 1.82) is 0 Å². The van der Waals surface area contributed by atoms with Crippen LogP contribution in [-0.4, -0.2) is 52.1 Å². The fourth-order valence-electron chi connectivity index (χ4n) is 3.60. The molecule has 6 heteroatoms. The van der Waals surface area contributed by atoms with Crippen molar-refractivity contribution in [3.05, 3.63) is 30.1 Å². The summed E-state index contributed by atoms with van der Waals surface area (Å²) in [4.78, 5) is 12.0. The lowest BCUT2D eigenvalue weighted by atomic mass is 10.1. The molecule has 1 aromatic carbocycles. The van der Waals surface area contributed by atoms with Crippen LogP contribution in [0.4, 0.5) is 0 Å². The maximum atomic E-state index is 4.80. The molecule has 2 unspecified atom stereocenters. The van der Waals surface area contributed by atoms with Gasteiger partial charge in [0, 0.05) is 38.8 Å². The number of nitrogens with zero attached hydrogens (tertiary/aromatic N) is 4. The molecule has 1 aliphatic heterocycles. The minimum Gasteiger partial charge on any atom is -0.357 e. The lowest BCUT2D eigenvalue weighted by molar-refractivity contribution is 0.265. The summed E-state index contributed by atoms with van der Waals surface area (Å²) in [6.45, 7) is 12.6. The molecule has 0 saturated carbocycles. The second-order valence-electron chi connectivity index (χ2n) is 7.55. The second kappa shape index (κ2) is 8.08. The Hall–Kier alpha value is -2.08. The minimum absolute atomic E-state index is 0.427. The summed E-state index contributed by atoms with van der Waals surface area (Å²) in [7, 11) is 2.06. The molecule has 26 heavy (non-hydrogen) atoms. The zero-order valence-electron chi connectivity index (χ0n) is 16.7. The summed E-state index contributed by atoms with van der Waals surface area (Å²) in [6, 6.07) is 9.23. The van der Waals surface area contributed by atoms with E-state index in [9.17, 15) is 0 Å². The summed E-state index contributed by atoms with van der Waals surface area (Å²) in [5.41, 5.74) is 2.17. The van der Waals surface area contributed by atoms with Crippen molar-refractivity contribution in [2.24, 2.45) is 18.0 Å². The number of benzene rings is 1. The molecule has 0 amide bonds. The van der Waals surface area contributed by atoms with Gasteiger partial charge in [0.15, 0.2) is 5.96 Å². The molecular formula is C20H32N6. The molecule has 0 radical (unpaired) electrons. The summed E-state index contributed by atoms with van der Waals surface area (Å²) in [6.07, 6.45) is 0. The van der Waals surface area contributed by atoms with Crippen molar-refractivity contribution >= 4 is 17.0 Å². The molecule has 1 fully saturated rings. The summed E-state index contributed by atoms with van der Waals surface area (Å²) < 4.78 is 2.13. The van der Waals surface area contributed by atoms with Crippen molar-refractivity contribution in [2.75, 3.05) is 19.6 Å². The molecule has 3 rings (SSSR count). The van der Waals surface area contributed by atoms with Crippen LogP contribution in [0.5, 0.6) is 0 Å². The highest BCUT2D eigenvalue weighted by Gasteiger charge is 2.31. The standard InChI is InChI=1S/C20H32N6/c1-6-21-20(24-17-13-26(14(2)3)12-15(17)4)22-11-19-23-16-9-7-8-10-18(16)25(19)5/h7-10,14-15,17H,6,11-13H2,1-5H3,(H2,21,22,24). The van der Waals surface area contributed by atoms with Crippen molar-refractivity contribution < 1.29 is 0 Å². The minimum atomic E-state index is 0.427. The molecule has 0 spiro atoms. The van der Waals surface area contributed by atoms with Gasteiger partial charge in [-0.3, -0.25) is 4.90 Å². The van der Waals surface area contributed by atoms with Gasteiger partial charge in [0.2, 0.25) is 0 Å². The molecule has 2 N–H and O–H groups in total. The SMILES string of the molecule is CCNC(=NCc1nc2ccccc2n1C)NC1CN(C(C)C)CC1C. The van der Waals surface area contributed by atoms with Gasteiger partial charge in [0.25, 0.3) is 0 Å². The van der Waals surface area contributed by atoms with E-state index >= 15 is 0 Å². The number of fused-ring (bicyclic) bond motifs is 1. The second-order valence-corrected chi connectivity index (χ2v) is 7.55. The normalized spacial score (nSPS) is 21.7. The average Bonchev–Trinajstić information content (AvgIpc) is 3.14. The van der Waals surface area contributed by atoms with E-state index in [-0.39, 0.29) is 0 Å². The van der Waals surface area contributed by atoms with Gasteiger partial charge in [-0.15, -0.1) is 0 Å². The van der Waals surface area contributed by atoms with E-state index < -0.39 is 0 Å². The maximum absolute atomic E-state index is 4.80. The number of imidazole rings is 1. The first kappa shape index (κ1) is 18.7. The Bertz CT molecular complexity index is 763. The largest absolute Gasteiger partial charge is 0.357 e. The Balaban J connectivity index is 1.72. The van der Waals surface area contributed by atoms with Crippen LogP contribution >= 0.6 is 0 Å². The predicted octanol–water partition coefficient (Wildman–Crippen LogP) is 2.36. The topological polar surface area (TPSA) is 57.5 Å². The van der Waals surface area contributed by atoms with Crippen molar-refractivity contribution in [3.63, 3.8) is 0 Å². The Morgan fingerprint density at radius 1 is 1.31 bits per heavy atom. The van der Waals surface area contributed by atoms with Gasteiger partial charge in [-0.25, -0.2) is 9.98 Å². The van der Waals surface area contributed by atoms with Gasteiger partial charge >= 0.3 is 0 Å². The van der Waals surface area contributed by atoms with Crippen molar-refractivity contribution in [2.45, 2.75) is 46.3 Å². The molecule has 0 bridgehead atoms. The number of likely N-dealkylation sites (tertiary alicyclic amines) is 1. The Morgan fingerprint density at radius 2 is 2.08 bits per heavy atom. The molecule has 2 aromatic rings. The molecule has 6 nitrogen and oxygen atoms in total. The number of aliphatic imine (C=N–C) groups is 1. The number of rotatable bonds is 5. The average molecular weight is 357 g/mol. The van der Waals surface area contributed by atoms with Gasteiger partial charge in [-0.2, -0.15) is 0 Å². The number of nitrogens with one attached hydrogen (secondary N) is 2. The maximum Gasteiger partial charge on any atom is 0.191 e. The number of hydrogen-bond donors (Lipinski definition) is 2. The van der Waals surface area contributed by atoms with Crippen LogP contribution in [0, 0.1) is 5.92 Å². The fourth-order valence-corrected chi connectivity index (χ4v) is 3.60. The lowest BCUT2D eigenvalue weighted by Crippen LogP contribution is -2.46. The van der Waals surface area contributed by atoms with Crippen LogP contribution in [0.15, 0.2) is 29.3 Å². The Kier molecular flexibility index (Phi) is 5.81. The van der Waals surface area contributed by atoms with E-state index in [0.717, 1.165) is 42.5 Å². The van der Waals surface area contributed by atoms with Crippen molar-refractivity contribution in [1.82, 2.24) is 25.1 Å². The summed E-state index contributed by atoms with van der Waals surface area (Å²) >= 11 is 0. The van der Waals surface area contributed by atoms with Gasteiger partial charge in [-0.1, -0.05) is 19.1 Å². The fraction of sp³-hybridized carbons (Fsp3) is 0.600. The Morgan fingerprint density at radius 3 is 2.73 bits per heavy atom. The van der Waals surface area contributed by atoms with Crippen LogP contribution < -0.4 is 10.6 Å². The number of aryl methyl sites for hydroxylation is 1. The third-order valence-corrected chi connectivity index (χ3v) is 5.30. The smallest absolute Gasteiger partial charge is 0.191 e. The third kappa shape index (κ3) is 4.01. The van der Waals surface area contributed by atoms with E-state index in [0.29, 0.717) is 24.5 Å². The van der Waals surface area contributed by atoms with E-state index in [2.05, 4.69) is 60.9 Å². The zero-order chi connectivity index (χ0) is 18.7. The first-order chi connectivity index (χ1) is 12.5. The molecule has 2 heterocycles. The quantitative estimate of drug-likeness (QED) is 0.638. The van der Waals surface area contributed by atoms with Crippen LogP contribution in [-0.2, 0) is 13.6 Å². The van der Waals surface area contributed by atoms with Crippen molar-refractivity contribution in [3.8, 4) is 0 Å². The number of hydrogen-bond acceptors (Lipinski definition) is 3. The molecule has 1 saturated heterocycles. The van der Waals surface area contributed by atoms with E-state index in [1.807, 2.05) is 18.2 Å². The van der Waals surface area contributed by atoms with Crippen LogP contribution in [0.3, 0.4) is 0 Å². The first-order valence-electron chi connectivity index (χ1n) is 9.68. The zero-order valence-corrected chi connectivity index (χ0v) is 16.7. The number of guanidine groups is 1. The molecule has 0 aliphatic carbocycles. The predicted molar refractivity (Wildman–Crippen MR) is 108 cm³/mol. The molecular weight excluding hydrogens is 324 g/mol. The van der Waals surface area contributed by atoms with Gasteiger partial charge in [-0.05, 0) is 38.8 Å². The highest BCUT2D eigenvalue weighted by atomic mass is 15.3. The summed E-state index contributed by atoms with van der Waals surface area (Å²) in [5.74, 6) is 2.46. The van der Waals surface area contributed by atoms with Gasteiger partial charge in [0.05, 0.1) is 11.0 Å². The lowest BCUT2D eigenvalue weighted by Gasteiger charge is -2.21. The van der Waals surface area contributed by atoms with Crippen LogP contribution in [0.1, 0.15) is 33.5 Å². The number of para-hydroxylation sites is 2. The van der Waals surface area contributed by atoms with E-state index in [1.54, 1.807) is 0 Å². The highest BCUT2D eigenvalue weighted by molar-refractivity contribution is 5.80. The molecule has 1 aromatic heterocycles. The monoisotopic (exact) mass is 356 g/mol. The van der Waals surface area contributed by atoms with Crippen LogP contribution in [0.2, 0.25) is 0 Å². The number of aromatic nitrogens is 2. The van der Waals surface area contributed by atoms with Crippen LogP contribution in [0.25, 0.3) is 11.0 Å². The third-order valence-electron chi connectivity index (χ3n) is 5.30. The molecule has 142 valence electrons. The first-order valence-corrected chi connectivity index (χ1v) is 9.68. The summed E-state index contributed by atoms with van der Waals surface area (Å²) in [5, 5.41) is 7.02. The highest BCUT2D eigenvalue weighted by Crippen LogP contribution is 2.19. The molecule has 1 aliphatic rings. The van der Waals surface area contributed by atoms with E-state index in [1.165, 1.54) is 0 Å². The van der Waals surface area contributed by atoms with Gasteiger partial charge in [0.1, 0.15) is 12.4 Å². The molecule has 2 atom stereocenters.